The van der Waals surface area contributed by atoms with Gasteiger partial charge in [-0.2, -0.15) is 0 Å². The summed E-state index contributed by atoms with van der Waals surface area (Å²) < 4.78 is 7.41. The van der Waals surface area contributed by atoms with Crippen molar-refractivity contribution in [2.75, 3.05) is 0 Å². The summed E-state index contributed by atoms with van der Waals surface area (Å²) in [5.41, 5.74) is 23.2. The molecule has 3 heterocycles. The third-order valence-corrected chi connectivity index (χ3v) is 17.8. The number of nitrogens with zero attached hydrogens (tertiary/aromatic N) is 3. The number of rotatable bonds is 9. The first-order chi connectivity index (χ1) is 40.9. The van der Waals surface area contributed by atoms with Crippen molar-refractivity contribution in [1.29, 1.82) is 0 Å². The average molecular weight is 1060 g/mol. The van der Waals surface area contributed by atoms with E-state index in [-0.39, 0.29) is 0 Å². The van der Waals surface area contributed by atoms with E-state index in [0.29, 0.717) is 11.8 Å². The standard InChI is InChI=1S/C80H59N3/c1-50(2)59-22-12-16-30-71(59)82-73-32-18-14-24-61(73)67-46-54(38-44-77(67)82)56-36-42-75-69(48-56)70-49-57(55-39-45-78-68(47-55)62-25-15-19-33-74(62)83(78)72-31-17-13-23-60(72)51(3)4)37-43-76(70)81(75)58-40-34-53(35-41-58)80-65-28-10-8-26-63(65)79(52-20-6-5-7-21-52)64-27-9-11-29-66(64)80/h5-51H,1-4H3. The summed E-state index contributed by atoms with van der Waals surface area (Å²) in [7, 11) is 0. The van der Waals surface area contributed by atoms with Crippen LogP contribution in [0.1, 0.15) is 50.7 Å². The molecule has 0 atom stereocenters. The van der Waals surface area contributed by atoms with Crippen molar-refractivity contribution in [2.45, 2.75) is 39.5 Å². The molecule has 13 aromatic carbocycles. The van der Waals surface area contributed by atoms with Crippen molar-refractivity contribution < 1.29 is 0 Å². The molecule has 16 rings (SSSR count). The molecule has 3 nitrogen and oxygen atoms in total. The number of hydrogen-bond donors (Lipinski definition) is 0. The Labute approximate surface area is 483 Å². The van der Waals surface area contributed by atoms with Crippen molar-refractivity contribution in [2.24, 2.45) is 0 Å². The minimum absolute atomic E-state index is 0.384. The van der Waals surface area contributed by atoms with Gasteiger partial charge in [-0.3, -0.25) is 0 Å². The van der Waals surface area contributed by atoms with Gasteiger partial charge in [0.15, 0.2) is 0 Å². The van der Waals surface area contributed by atoms with Crippen LogP contribution in [0.5, 0.6) is 0 Å². The maximum absolute atomic E-state index is 2.47. The van der Waals surface area contributed by atoms with Gasteiger partial charge in [-0.25, -0.2) is 0 Å². The maximum atomic E-state index is 2.47. The lowest BCUT2D eigenvalue weighted by Crippen LogP contribution is -2.00. The molecular formula is C80H59N3. The van der Waals surface area contributed by atoms with Crippen molar-refractivity contribution >= 4 is 87.0 Å². The summed E-state index contributed by atoms with van der Waals surface area (Å²) in [6, 6.07) is 102. The Morgan fingerprint density at radius 1 is 0.217 bits per heavy atom. The van der Waals surface area contributed by atoms with Crippen molar-refractivity contribution in [1.82, 2.24) is 13.7 Å². The second kappa shape index (κ2) is 19.2. The Bertz CT molecular complexity index is 4970. The highest BCUT2D eigenvalue weighted by Gasteiger charge is 2.22. The molecule has 0 aliphatic carbocycles. The van der Waals surface area contributed by atoms with Crippen LogP contribution >= 0.6 is 0 Å². The van der Waals surface area contributed by atoms with Crippen LogP contribution in [0.3, 0.4) is 0 Å². The zero-order valence-corrected chi connectivity index (χ0v) is 47.0. The Kier molecular flexibility index (Phi) is 11.3. The van der Waals surface area contributed by atoms with Crippen LogP contribution in [0.4, 0.5) is 0 Å². The monoisotopic (exact) mass is 1060 g/mol. The molecule has 0 N–H and O–H groups in total. The number of fused-ring (bicyclic) bond motifs is 11. The molecule has 0 aliphatic rings. The molecule has 0 unspecified atom stereocenters. The van der Waals surface area contributed by atoms with Gasteiger partial charge in [0, 0.05) is 49.4 Å². The Hall–Kier alpha value is -10.2. The maximum Gasteiger partial charge on any atom is 0.0541 e. The molecule has 0 spiro atoms. The molecule has 0 fully saturated rings. The fourth-order valence-electron chi connectivity index (χ4n) is 14.0. The van der Waals surface area contributed by atoms with E-state index in [2.05, 4.69) is 314 Å². The average Bonchev–Trinajstić information content (AvgIpc) is 2.61. The van der Waals surface area contributed by atoms with Crippen LogP contribution in [-0.2, 0) is 0 Å². The Balaban J connectivity index is 0.882. The molecule has 0 radical (unpaired) electrons. The number of aromatic nitrogens is 3. The van der Waals surface area contributed by atoms with Gasteiger partial charge < -0.3 is 13.7 Å². The van der Waals surface area contributed by atoms with Gasteiger partial charge in [-0.05, 0) is 174 Å². The number of benzene rings is 13. The summed E-state index contributed by atoms with van der Waals surface area (Å²) in [4.78, 5) is 0. The zero-order valence-electron chi connectivity index (χ0n) is 47.0. The number of para-hydroxylation sites is 4. The zero-order chi connectivity index (χ0) is 55.4. The van der Waals surface area contributed by atoms with Gasteiger partial charge in [0.2, 0.25) is 0 Å². The van der Waals surface area contributed by atoms with Gasteiger partial charge >= 0.3 is 0 Å². The lowest BCUT2D eigenvalue weighted by atomic mass is 9.86. The summed E-state index contributed by atoms with van der Waals surface area (Å²) in [6.07, 6.45) is 0. The largest absolute Gasteiger partial charge is 0.309 e. The predicted molar refractivity (Wildman–Crippen MR) is 354 cm³/mol. The van der Waals surface area contributed by atoms with Crippen LogP contribution in [0.2, 0.25) is 0 Å². The first-order valence-electron chi connectivity index (χ1n) is 29.3. The highest BCUT2D eigenvalue weighted by Crippen LogP contribution is 2.46. The SMILES string of the molecule is CC(C)c1ccccc1-n1c2ccccc2c2cc(-c3ccc4c(c3)c3cc(-c5ccc6c(c5)c5ccccc5n6-c5ccccc5C(C)C)ccc3n4-c3ccc(-c4c5ccccc5c(-c5ccccc5)c5ccccc45)cc3)ccc21. The van der Waals surface area contributed by atoms with E-state index in [1.165, 1.54) is 154 Å². The van der Waals surface area contributed by atoms with Gasteiger partial charge in [0.05, 0.1) is 33.1 Å². The fourth-order valence-corrected chi connectivity index (χ4v) is 14.0. The van der Waals surface area contributed by atoms with E-state index in [9.17, 15) is 0 Å². The third-order valence-electron chi connectivity index (χ3n) is 17.8. The predicted octanol–water partition coefficient (Wildman–Crippen LogP) is 22.2. The lowest BCUT2D eigenvalue weighted by molar-refractivity contribution is 0.854. The van der Waals surface area contributed by atoms with Gasteiger partial charge in [-0.1, -0.05) is 216 Å². The molecule has 0 amide bonds. The molecule has 16 aromatic rings. The van der Waals surface area contributed by atoms with Crippen LogP contribution in [0.25, 0.3) is 149 Å². The molecule has 0 bridgehead atoms. The molecular weight excluding hydrogens is 1000 g/mol. The lowest BCUT2D eigenvalue weighted by Gasteiger charge is -2.18. The summed E-state index contributed by atoms with van der Waals surface area (Å²) in [5, 5.41) is 12.5. The minimum Gasteiger partial charge on any atom is -0.309 e. The molecule has 0 saturated carbocycles. The topological polar surface area (TPSA) is 14.8 Å². The van der Waals surface area contributed by atoms with E-state index < -0.39 is 0 Å². The van der Waals surface area contributed by atoms with Crippen LogP contribution in [0.15, 0.2) is 273 Å². The van der Waals surface area contributed by atoms with Gasteiger partial charge in [0.25, 0.3) is 0 Å². The highest BCUT2D eigenvalue weighted by molar-refractivity contribution is 6.22. The molecule has 0 saturated heterocycles. The van der Waals surface area contributed by atoms with E-state index >= 15 is 0 Å². The van der Waals surface area contributed by atoms with E-state index in [0.717, 1.165) is 5.69 Å². The van der Waals surface area contributed by atoms with E-state index in [4.69, 9.17) is 0 Å². The van der Waals surface area contributed by atoms with Crippen molar-refractivity contribution in [3.63, 3.8) is 0 Å². The molecule has 0 aliphatic heterocycles. The second-order valence-electron chi connectivity index (χ2n) is 23.1. The quantitative estimate of drug-likeness (QED) is 0.128. The van der Waals surface area contributed by atoms with Crippen LogP contribution < -0.4 is 0 Å². The van der Waals surface area contributed by atoms with Crippen molar-refractivity contribution in [3.8, 4) is 61.6 Å². The molecule has 83 heavy (non-hydrogen) atoms. The van der Waals surface area contributed by atoms with Crippen LogP contribution in [0, 0.1) is 0 Å². The normalized spacial score (nSPS) is 12.1. The summed E-state index contributed by atoms with van der Waals surface area (Å²) in [5.74, 6) is 0.768. The number of hydrogen-bond acceptors (Lipinski definition) is 0. The second-order valence-corrected chi connectivity index (χ2v) is 23.1. The Morgan fingerprint density at radius 3 is 0.904 bits per heavy atom. The Morgan fingerprint density at radius 2 is 0.506 bits per heavy atom. The van der Waals surface area contributed by atoms with Crippen LogP contribution in [-0.4, -0.2) is 13.7 Å². The minimum atomic E-state index is 0.384. The van der Waals surface area contributed by atoms with Crippen molar-refractivity contribution in [3.05, 3.63) is 284 Å². The van der Waals surface area contributed by atoms with E-state index in [1.54, 1.807) is 0 Å². The first-order valence-corrected chi connectivity index (χ1v) is 29.3. The fraction of sp³-hybridized carbons (Fsp3) is 0.0750. The highest BCUT2D eigenvalue weighted by atomic mass is 15.0. The van der Waals surface area contributed by atoms with E-state index in [1.807, 2.05) is 0 Å². The van der Waals surface area contributed by atoms with Gasteiger partial charge in [0.1, 0.15) is 0 Å². The molecule has 3 heteroatoms. The summed E-state index contributed by atoms with van der Waals surface area (Å²) >= 11 is 0. The first kappa shape index (κ1) is 48.7. The molecule has 3 aromatic heterocycles. The third kappa shape index (κ3) is 7.65. The van der Waals surface area contributed by atoms with Gasteiger partial charge in [-0.15, -0.1) is 0 Å². The molecule has 394 valence electrons. The summed E-state index contributed by atoms with van der Waals surface area (Å²) in [6.45, 7) is 9.16. The smallest absolute Gasteiger partial charge is 0.0541 e.